The van der Waals surface area contributed by atoms with Crippen molar-refractivity contribution in [2.45, 2.75) is 32.7 Å². The average Bonchev–Trinajstić information content (AvgIpc) is 2.91. The van der Waals surface area contributed by atoms with Gasteiger partial charge in [-0.2, -0.15) is 0 Å². The van der Waals surface area contributed by atoms with E-state index in [9.17, 15) is 4.79 Å². The maximum Gasteiger partial charge on any atom is 0.220 e. The Hall–Kier alpha value is -1.33. The number of carbonyl (C=O) groups excluding carboxylic acids is 1. The van der Waals surface area contributed by atoms with Crippen molar-refractivity contribution in [3.8, 4) is 0 Å². The van der Waals surface area contributed by atoms with Crippen LogP contribution in [0.25, 0.3) is 0 Å². The first-order chi connectivity index (χ1) is 9.93. The number of hydrogen-bond acceptors (Lipinski definition) is 4. The van der Waals surface area contributed by atoms with E-state index in [-0.39, 0.29) is 17.9 Å². The van der Waals surface area contributed by atoms with Crippen molar-refractivity contribution in [2.24, 2.45) is 17.6 Å². The second-order valence-electron chi connectivity index (χ2n) is 6.23. The zero-order chi connectivity index (χ0) is 15.8. The summed E-state index contributed by atoms with van der Waals surface area (Å²) in [6, 6.07) is 3.84. The SMILES string of the molecule is CC(C)C[C@H](CN)CC(=O)NCC(c1ccco1)N(C)C. The van der Waals surface area contributed by atoms with E-state index in [2.05, 4.69) is 19.2 Å². The largest absolute Gasteiger partial charge is 0.468 e. The van der Waals surface area contributed by atoms with Crippen molar-refractivity contribution in [3.05, 3.63) is 24.2 Å². The Bertz CT molecular complexity index is 402. The van der Waals surface area contributed by atoms with Crippen molar-refractivity contribution in [2.75, 3.05) is 27.2 Å². The number of furan rings is 1. The third kappa shape index (κ3) is 6.31. The van der Waals surface area contributed by atoms with Crippen LogP contribution in [-0.2, 0) is 4.79 Å². The minimum Gasteiger partial charge on any atom is -0.468 e. The molecular formula is C16H29N3O2. The Kier molecular flexibility index (Phi) is 7.47. The van der Waals surface area contributed by atoms with Gasteiger partial charge in [0.05, 0.1) is 12.3 Å². The zero-order valence-corrected chi connectivity index (χ0v) is 13.6. The normalized spacial score (nSPS) is 14.4. The smallest absolute Gasteiger partial charge is 0.220 e. The van der Waals surface area contributed by atoms with Crippen molar-refractivity contribution in [3.63, 3.8) is 0 Å². The van der Waals surface area contributed by atoms with Gasteiger partial charge in [0, 0.05) is 13.0 Å². The summed E-state index contributed by atoms with van der Waals surface area (Å²) in [5, 5.41) is 2.99. The van der Waals surface area contributed by atoms with Crippen LogP contribution in [0, 0.1) is 11.8 Å². The first-order valence-corrected chi connectivity index (χ1v) is 7.60. The first-order valence-electron chi connectivity index (χ1n) is 7.60. The van der Waals surface area contributed by atoms with Gasteiger partial charge in [-0.1, -0.05) is 13.8 Å². The van der Waals surface area contributed by atoms with Crippen LogP contribution >= 0.6 is 0 Å². The summed E-state index contributed by atoms with van der Waals surface area (Å²) in [6.45, 7) is 5.40. The molecule has 1 aromatic heterocycles. The lowest BCUT2D eigenvalue weighted by Gasteiger charge is -2.23. The van der Waals surface area contributed by atoms with Crippen molar-refractivity contribution >= 4 is 5.91 Å². The summed E-state index contributed by atoms with van der Waals surface area (Å²) in [6.07, 6.45) is 3.13. The molecule has 0 radical (unpaired) electrons. The summed E-state index contributed by atoms with van der Waals surface area (Å²) in [5.74, 6) is 1.73. The molecule has 3 N–H and O–H groups in total. The van der Waals surface area contributed by atoms with Crippen molar-refractivity contribution in [1.29, 1.82) is 0 Å². The molecule has 5 nitrogen and oxygen atoms in total. The molecule has 21 heavy (non-hydrogen) atoms. The standard InChI is InChI=1S/C16H29N3O2/c1-12(2)8-13(10-17)9-16(20)18-11-14(19(3)4)15-6-5-7-21-15/h5-7,12-14H,8-11,17H2,1-4H3,(H,18,20)/t13-,14?/m0/s1. The number of carbonyl (C=O) groups is 1. The summed E-state index contributed by atoms with van der Waals surface area (Å²) in [5.41, 5.74) is 5.75. The molecule has 1 unspecified atom stereocenters. The maximum absolute atomic E-state index is 12.1. The second-order valence-corrected chi connectivity index (χ2v) is 6.23. The number of nitrogens with two attached hydrogens (primary N) is 1. The minimum absolute atomic E-state index is 0.0466. The lowest BCUT2D eigenvalue weighted by Crippen LogP contribution is -2.36. The van der Waals surface area contributed by atoms with E-state index in [1.807, 2.05) is 31.1 Å². The highest BCUT2D eigenvalue weighted by Gasteiger charge is 2.19. The van der Waals surface area contributed by atoms with Crippen molar-refractivity contribution in [1.82, 2.24) is 10.2 Å². The van der Waals surface area contributed by atoms with Crippen LogP contribution in [0.1, 0.15) is 38.5 Å². The molecule has 0 bridgehead atoms. The Balaban J connectivity index is 2.46. The van der Waals surface area contributed by atoms with Gasteiger partial charge in [-0.15, -0.1) is 0 Å². The van der Waals surface area contributed by atoms with E-state index in [4.69, 9.17) is 10.2 Å². The second kappa shape index (κ2) is 8.85. The van der Waals surface area contributed by atoms with Gasteiger partial charge in [0.15, 0.2) is 0 Å². The summed E-state index contributed by atoms with van der Waals surface area (Å²) in [7, 11) is 3.95. The third-order valence-corrected chi connectivity index (χ3v) is 3.60. The molecule has 0 aliphatic carbocycles. The molecule has 5 heteroatoms. The maximum atomic E-state index is 12.1. The van der Waals surface area contributed by atoms with E-state index in [0.29, 0.717) is 25.4 Å². The van der Waals surface area contributed by atoms with Crippen LogP contribution in [0.3, 0.4) is 0 Å². The van der Waals surface area contributed by atoms with Crippen LogP contribution < -0.4 is 11.1 Å². The molecule has 1 rings (SSSR count). The van der Waals surface area contributed by atoms with E-state index < -0.39 is 0 Å². The lowest BCUT2D eigenvalue weighted by atomic mass is 9.94. The fourth-order valence-corrected chi connectivity index (χ4v) is 2.49. The van der Waals surface area contributed by atoms with Crippen LogP contribution in [-0.4, -0.2) is 38.0 Å². The van der Waals surface area contributed by atoms with Gasteiger partial charge in [0.25, 0.3) is 0 Å². The highest BCUT2D eigenvalue weighted by atomic mass is 16.3. The molecule has 0 spiro atoms. The van der Waals surface area contributed by atoms with Gasteiger partial charge < -0.3 is 15.5 Å². The van der Waals surface area contributed by atoms with Crippen LogP contribution in [0.5, 0.6) is 0 Å². The van der Waals surface area contributed by atoms with E-state index >= 15 is 0 Å². The molecule has 0 saturated carbocycles. The molecule has 0 aliphatic heterocycles. The molecule has 120 valence electrons. The number of nitrogens with zero attached hydrogens (tertiary/aromatic N) is 1. The highest BCUT2D eigenvalue weighted by molar-refractivity contribution is 5.76. The number of amides is 1. The summed E-state index contributed by atoms with van der Waals surface area (Å²) >= 11 is 0. The van der Waals surface area contributed by atoms with Crippen LogP contribution in [0.15, 0.2) is 22.8 Å². The number of rotatable bonds is 9. The fourth-order valence-electron chi connectivity index (χ4n) is 2.49. The Labute approximate surface area is 127 Å². The molecule has 0 aromatic carbocycles. The van der Waals surface area contributed by atoms with E-state index in [0.717, 1.165) is 12.2 Å². The van der Waals surface area contributed by atoms with Crippen LogP contribution in [0.2, 0.25) is 0 Å². The Morgan fingerprint density at radius 2 is 2.14 bits per heavy atom. The van der Waals surface area contributed by atoms with Gasteiger partial charge >= 0.3 is 0 Å². The van der Waals surface area contributed by atoms with Gasteiger partial charge in [-0.05, 0) is 51.0 Å². The molecule has 2 atom stereocenters. The van der Waals surface area contributed by atoms with Gasteiger partial charge in [0.2, 0.25) is 5.91 Å². The molecule has 0 fully saturated rings. The fraction of sp³-hybridized carbons (Fsp3) is 0.688. The van der Waals surface area contributed by atoms with Gasteiger partial charge in [-0.25, -0.2) is 0 Å². The molecule has 1 amide bonds. The van der Waals surface area contributed by atoms with E-state index in [1.165, 1.54) is 0 Å². The van der Waals surface area contributed by atoms with Gasteiger partial charge in [0.1, 0.15) is 5.76 Å². The number of likely N-dealkylation sites (N-methyl/N-ethyl adjacent to an activating group) is 1. The minimum atomic E-state index is 0.0466. The predicted octanol–water partition coefficient (Wildman–Crippen LogP) is 2.01. The topological polar surface area (TPSA) is 71.5 Å². The Morgan fingerprint density at radius 3 is 2.62 bits per heavy atom. The molecular weight excluding hydrogens is 266 g/mol. The third-order valence-electron chi connectivity index (χ3n) is 3.60. The molecule has 0 aliphatic rings. The number of hydrogen-bond donors (Lipinski definition) is 2. The summed E-state index contributed by atoms with van der Waals surface area (Å²) < 4.78 is 5.43. The van der Waals surface area contributed by atoms with Crippen molar-refractivity contribution < 1.29 is 9.21 Å². The van der Waals surface area contributed by atoms with Crippen LogP contribution in [0.4, 0.5) is 0 Å². The lowest BCUT2D eigenvalue weighted by molar-refractivity contribution is -0.122. The molecule has 1 aromatic rings. The quantitative estimate of drug-likeness (QED) is 0.731. The molecule has 0 saturated heterocycles. The molecule has 1 heterocycles. The summed E-state index contributed by atoms with van der Waals surface area (Å²) in [4.78, 5) is 14.1. The average molecular weight is 295 g/mol. The Morgan fingerprint density at radius 1 is 1.43 bits per heavy atom. The first kappa shape index (κ1) is 17.7. The van der Waals surface area contributed by atoms with E-state index in [1.54, 1.807) is 6.26 Å². The highest BCUT2D eigenvalue weighted by Crippen LogP contribution is 2.18. The zero-order valence-electron chi connectivity index (χ0n) is 13.6. The monoisotopic (exact) mass is 295 g/mol. The number of nitrogens with one attached hydrogen (secondary N) is 1. The van der Waals surface area contributed by atoms with Gasteiger partial charge in [-0.3, -0.25) is 9.69 Å². The predicted molar refractivity (Wildman–Crippen MR) is 84.8 cm³/mol.